The molecule has 30 heavy (non-hydrogen) atoms. The molecule has 0 aliphatic rings. The van der Waals surface area contributed by atoms with Crippen LogP contribution in [-0.2, 0) is 6.54 Å². The molecule has 0 fully saturated rings. The molecule has 2 rings (SSSR count). The summed E-state index contributed by atoms with van der Waals surface area (Å²) in [7, 11) is 4.67. The average molecular weight is 416 g/mol. The summed E-state index contributed by atoms with van der Waals surface area (Å²) in [4.78, 5) is 15.0. The van der Waals surface area contributed by atoms with Crippen LogP contribution >= 0.6 is 0 Å². The molecule has 0 amide bonds. The van der Waals surface area contributed by atoms with Crippen molar-refractivity contribution in [1.29, 1.82) is 0 Å². The normalized spacial score (nSPS) is 12.1. The van der Waals surface area contributed by atoms with Gasteiger partial charge in [0.15, 0.2) is 17.5 Å². The fourth-order valence-electron chi connectivity index (χ4n) is 2.64. The molecule has 0 aromatic heterocycles. The summed E-state index contributed by atoms with van der Waals surface area (Å²) >= 11 is 0. The van der Waals surface area contributed by atoms with Crippen molar-refractivity contribution in [1.82, 2.24) is 5.32 Å². The van der Waals surface area contributed by atoms with E-state index in [1.54, 1.807) is 45.6 Å². The molecule has 9 heteroatoms. The molecule has 162 valence electrons. The predicted molar refractivity (Wildman–Crippen MR) is 117 cm³/mol. The average Bonchev–Trinajstić information content (AvgIpc) is 2.76. The molecule has 0 saturated carbocycles. The number of guanidine groups is 1. The van der Waals surface area contributed by atoms with Crippen molar-refractivity contribution in [3.8, 4) is 17.2 Å². The Balaban J connectivity index is 2.28. The van der Waals surface area contributed by atoms with E-state index in [2.05, 4.69) is 29.5 Å². The number of nitrogens with one attached hydrogen (secondary N) is 2. The second kappa shape index (κ2) is 10.9. The fraction of sp³-hybridized carbons (Fsp3) is 0.381. The quantitative estimate of drug-likeness (QED) is 0.276. The maximum atomic E-state index is 10.8. The van der Waals surface area contributed by atoms with E-state index in [0.29, 0.717) is 35.4 Å². The number of benzene rings is 2. The van der Waals surface area contributed by atoms with Gasteiger partial charge in [-0.2, -0.15) is 0 Å². The highest BCUT2D eigenvalue weighted by atomic mass is 16.6. The Morgan fingerprint density at radius 1 is 1.10 bits per heavy atom. The van der Waals surface area contributed by atoms with Gasteiger partial charge in [0.2, 0.25) is 5.75 Å². The van der Waals surface area contributed by atoms with Gasteiger partial charge in [-0.15, -0.1) is 0 Å². The maximum absolute atomic E-state index is 10.8. The fourth-order valence-corrected chi connectivity index (χ4v) is 2.64. The lowest BCUT2D eigenvalue weighted by atomic mass is 10.2. The van der Waals surface area contributed by atoms with Crippen LogP contribution in [0.2, 0.25) is 0 Å². The van der Waals surface area contributed by atoms with E-state index in [-0.39, 0.29) is 11.7 Å². The minimum atomic E-state index is -0.422. The van der Waals surface area contributed by atoms with Gasteiger partial charge in [-0.05, 0) is 18.9 Å². The Labute approximate surface area is 176 Å². The topological polar surface area (TPSA) is 107 Å². The van der Waals surface area contributed by atoms with Crippen LogP contribution in [0.3, 0.4) is 0 Å². The highest BCUT2D eigenvalue weighted by Gasteiger charge is 2.14. The van der Waals surface area contributed by atoms with Crippen LogP contribution in [0.25, 0.3) is 0 Å². The Bertz CT molecular complexity index is 858. The molecule has 0 saturated heterocycles. The van der Waals surface area contributed by atoms with Crippen molar-refractivity contribution in [3.05, 3.63) is 52.1 Å². The van der Waals surface area contributed by atoms with Gasteiger partial charge in [-0.25, -0.2) is 4.99 Å². The van der Waals surface area contributed by atoms with Crippen molar-refractivity contribution in [2.45, 2.75) is 32.9 Å². The second-order valence-corrected chi connectivity index (χ2v) is 6.58. The van der Waals surface area contributed by atoms with Gasteiger partial charge in [0.1, 0.15) is 0 Å². The smallest absolute Gasteiger partial charge is 0.269 e. The van der Waals surface area contributed by atoms with Crippen molar-refractivity contribution in [2.75, 3.05) is 26.6 Å². The SMILES string of the molecule is CCC(C)NC(=NCc1ccc([N+](=O)[O-])cc1)Nc1cc(OC)c(OC)c(OC)c1. The van der Waals surface area contributed by atoms with Crippen LogP contribution in [0.1, 0.15) is 25.8 Å². The van der Waals surface area contributed by atoms with Crippen LogP contribution < -0.4 is 24.8 Å². The van der Waals surface area contributed by atoms with E-state index in [0.717, 1.165) is 12.0 Å². The van der Waals surface area contributed by atoms with Crippen LogP contribution in [0.4, 0.5) is 11.4 Å². The number of nitro groups is 1. The number of anilines is 1. The van der Waals surface area contributed by atoms with E-state index in [1.807, 2.05) is 0 Å². The summed E-state index contributed by atoms with van der Waals surface area (Å²) < 4.78 is 16.2. The molecular weight excluding hydrogens is 388 g/mol. The number of non-ortho nitro benzene ring substituents is 1. The molecule has 2 aromatic carbocycles. The van der Waals surface area contributed by atoms with Gasteiger partial charge in [0.05, 0.1) is 32.8 Å². The summed E-state index contributed by atoms with van der Waals surface area (Å²) in [5, 5.41) is 17.4. The molecule has 0 radical (unpaired) electrons. The number of hydrogen-bond acceptors (Lipinski definition) is 6. The minimum Gasteiger partial charge on any atom is -0.493 e. The summed E-state index contributed by atoms with van der Waals surface area (Å²) in [6.07, 6.45) is 0.910. The molecule has 1 unspecified atom stereocenters. The molecule has 1 atom stereocenters. The molecule has 0 aliphatic heterocycles. The lowest BCUT2D eigenvalue weighted by Gasteiger charge is -2.19. The van der Waals surface area contributed by atoms with Gasteiger partial charge in [-0.1, -0.05) is 19.1 Å². The van der Waals surface area contributed by atoms with Gasteiger partial charge in [0.25, 0.3) is 5.69 Å². The zero-order valence-corrected chi connectivity index (χ0v) is 17.9. The summed E-state index contributed by atoms with van der Waals surface area (Å²) in [6, 6.07) is 10.1. The molecule has 0 aliphatic carbocycles. The third kappa shape index (κ3) is 6.00. The number of rotatable bonds is 9. The molecule has 2 aromatic rings. The monoisotopic (exact) mass is 416 g/mol. The van der Waals surface area contributed by atoms with E-state index < -0.39 is 4.92 Å². The predicted octanol–water partition coefficient (Wildman–Crippen LogP) is 3.98. The van der Waals surface area contributed by atoms with Crippen molar-refractivity contribution >= 4 is 17.3 Å². The number of hydrogen-bond donors (Lipinski definition) is 2. The molecule has 0 heterocycles. The van der Waals surface area contributed by atoms with Crippen molar-refractivity contribution in [3.63, 3.8) is 0 Å². The first kappa shape index (κ1) is 22.8. The number of ether oxygens (including phenoxy) is 3. The van der Waals surface area contributed by atoms with E-state index >= 15 is 0 Å². The first-order valence-electron chi connectivity index (χ1n) is 9.53. The lowest BCUT2D eigenvalue weighted by molar-refractivity contribution is -0.384. The van der Waals surface area contributed by atoms with Gasteiger partial charge < -0.3 is 24.8 Å². The third-order valence-corrected chi connectivity index (χ3v) is 4.49. The third-order valence-electron chi connectivity index (χ3n) is 4.49. The highest BCUT2D eigenvalue weighted by Crippen LogP contribution is 2.39. The molecule has 9 nitrogen and oxygen atoms in total. The number of nitro benzene ring substituents is 1. The number of aliphatic imine (C=N–C) groups is 1. The number of nitrogens with zero attached hydrogens (tertiary/aromatic N) is 2. The molecular formula is C21H28N4O5. The minimum absolute atomic E-state index is 0.0521. The Hall–Kier alpha value is -3.49. The summed E-state index contributed by atoms with van der Waals surface area (Å²) in [5.74, 6) is 2.12. The largest absolute Gasteiger partial charge is 0.493 e. The summed E-state index contributed by atoms with van der Waals surface area (Å²) in [5.41, 5.74) is 1.62. The Morgan fingerprint density at radius 3 is 2.17 bits per heavy atom. The zero-order chi connectivity index (χ0) is 22.1. The molecule has 2 N–H and O–H groups in total. The maximum Gasteiger partial charge on any atom is 0.269 e. The lowest BCUT2D eigenvalue weighted by Crippen LogP contribution is -2.37. The van der Waals surface area contributed by atoms with Crippen molar-refractivity contribution in [2.24, 2.45) is 4.99 Å². The van der Waals surface area contributed by atoms with Crippen LogP contribution in [-0.4, -0.2) is 38.3 Å². The van der Waals surface area contributed by atoms with Crippen molar-refractivity contribution < 1.29 is 19.1 Å². The first-order chi connectivity index (χ1) is 14.4. The molecule has 0 bridgehead atoms. The number of methoxy groups -OCH3 is 3. The highest BCUT2D eigenvalue weighted by molar-refractivity contribution is 5.94. The van der Waals surface area contributed by atoms with Crippen LogP contribution in [0.15, 0.2) is 41.4 Å². The second-order valence-electron chi connectivity index (χ2n) is 6.58. The summed E-state index contributed by atoms with van der Waals surface area (Å²) in [6.45, 7) is 4.48. The van der Waals surface area contributed by atoms with Crippen LogP contribution in [0, 0.1) is 10.1 Å². The van der Waals surface area contributed by atoms with E-state index in [9.17, 15) is 10.1 Å². The Morgan fingerprint density at radius 2 is 1.70 bits per heavy atom. The van der Waals surface area contributed by atoms with Crippen LogP contribution in [0.5, 0.6) is 17.2 Å². The van der Waals surface area contributed by atoms with E-state index in [4.69, 9.17) is 14.2 Å². The Kier molecular flexibility index (Phi) is 8.28. The van der Waals surface area contributed by atoms with Gasteiger partial charge in [-0.3, -0.25) is 10.1 Å². The van der Waals surface area contributed by atoms with E-state index in [1.165, 1.54) is 12.1 Å². The first-order valence-corrected chi connectivity index (χ1v) is 9.53. The molecule has 0 spiro atoms. The van der Waals surface area contributed by atoms with Gasteiger partial charge >= 0.3 is 0 Å². The zero-order valence-electron chi connectivity index (χ0n) is 17.9. The van der Waals surface area contributed by atoms with Gasteiger partial charge in [0, 0.05) is 36.0 Å². The standard InChI is InChI=1S/C21H28N4O5/c1-6-14(2)23-21(22-13-15-7-9-17(10-8-15)25(26)27)24-16-11-18(28-3)20(30-5)19(12-16)29-4/h7-12,14H,6,13H2,1-5H3,(H2,22,23,24).